The maximum absolute atomic E-state index is 13.2. The van der Waals surface area contributed by atoms with Gasteiger partial charge in [-0.2, -0.15) is 0 Å². The quantitative estimate of drug-likeness (QED) is 0.735. The molecule has 0 saturated heterocycles. The molecule has 0 amide bonds. The van der Waals surface area contributed by atoms with Crippen LogP contribution in [0.2, 0.25) is 5.02 Å². The topological polar surface area (TPSA) is 9.23 Å². The molecule has 1 aromatic rings. The van der Waals surface area contributed by atoms with Gasteiger partial charge in [0.25, 0.3) is 0 Å². The average molecular weight is 268 g/mol. The van der Waals surface area contributed by atoms with E-state index in [1.165, 1.54) is 12.1 Å². The molecule has 1 rings (SSSR count). The Hall–Kier alpha value is -0.280. The zero-order chi connectivity index (χ0) is 10.0. The van der Waals surface area contributed by atoms with E-state index in [1.807, 2.05) is 13.8 Å². The van der Waals surface area contributed by atoms with Crippen molar-refractivity contribution in [2.45, 2.75) is 20.0 Å². The third kappa shape index (κ3) is 2.85. The van der Waals surface area contributed by atoms with Crippen molar-refractivity contribution in [2.75, 3.05) is 0 Å². The molecule has 0 aliphatic heterocycles. The summed E-state index contributed by atoms with van der Waals surface area (Å²) in [5.41, 5.74) is 0. The molecule has 0 atom stereocenters. The van der Waals surface area contributed by atoms with E-state index < -0.39 is 5.82 Å². The van der Waals surface area contributed by atoms with Crippen LogP contribution in [0.1, 0.15) is 13.8 Å². The van der Waals surface area contributed by atoms with Crippen molar-refractivity contribution in [3.05, 3.63) is 27.4 Å². The first-order valence-electron chi connectivity index (χ1n) is 3.82. The third-order valence-corrected chi connectivity index (χ3v) is 2.53. The molecule has 4 heteroatoms. The third-order valence-electron chi connectivity index (χ3n) is 1.34. The summed E-state index contributed by atoms with van der Waals surface area (Å²) < 4.78 is 18.9. The van der Waals surface area contributed by atoms with Crippen LogP contribution in [0.15, 0.2) is 16.6 Å². The van der Waals surface area contributed by atoms with Crippen molar-refractivity contribution >= 4 is 27.5 Å². The SMILES string of the molecule is CC(C)Oc1cc(Cl)c(Br)cc1F. The standard InChI is InChI=1S/C9H9BrClFO/c1-5(2)13-9-4-7(11)6(10)3-8(9)12/h3-5H,1-2H3. The minimum absolute atomic E-state index is 0.0632. The van der Waals surface area contributed by atoms with Crippen LogP contribution in [0.25, 0.3) is 0 Å². The lowest BCUT2D eigenvalue weighted by Crippen LogP contribution is -2.06. The Morgan fingerprint density at radius 1 is 1.46 bits per heavy atom. The van der Waals surface area contributed by atoms with Gasteiger partial charge in [0.15, 0.2) is 11.6 Å². The highest BCUT2D eigenvalue weighted by Gasteiger charge is 2.09. The van der Waals surface area contributed by atoms with Crippen LogP contribution in [0.3, 0.4) is 0 Å². The van der Waals surface area contributed by atoms with Gasteiger partial charge in [-0.1, -0.05) is 11.6 Å². The zero-order valence-corrected chi connectivity index (χ0v) is 9.62. The van der Waals surface area contributed by atoms with Gasteiger partial charge >= 0.3 is 0 Å². The normalized spacial score (nSPS) is 10.6. The van der Waals surface area contributed by atoms with Crippen molar-refractivity contribution < 1.29 is 9.13 Å². The van der Waals surface area contributed by atoms with Gasteiger partial charge in [-0.25, -0.2) is 4.39 Å². The summed E-state index contributed by atoms with van der Waals surface area (Å²) >= 11 is 8.89. The average Bonchev–Trinajstić information content (AvgIpc) is 1.99. The lowest BCUT2D eigenvalue weighted by atomic mass is 10.3. The molecule has 1 nitrogen and oxygen atoms in total. The zero-order valence-electron chi connectivity index (χ0n) is 7.27. The molecule has 72 valence electrons. The molecule has 1 aromatic carbocycles. The molecule has 0 unspecified atom stereocenters. The molecule has 0 saturated carbocycles. The van der Waals surface area contributed by atoms with Crippen LogP contribution < -0.4 is 4.74 Å². The molecule has 0 bridgehead atoms. The maximum Gasteiger partial charge on any atom is 0.166 e. The number of hydrogen-bond acceptors (Lipinski definition) is 1. The van der Waals surface area contributed by atoms with Crippen molar-refractivity contribution in [3.8, 4) is 5.75 Å². The van der Waals surface area contributed by atoms with Gasteiger partial charge in [-0.15, -0.1) is 0 Å². The summed E-state index contributed by atoms with van der Waals surface area (Å²) in [6, 6.07) is 2.75. The Morgan fingerprint density at radius 2 is 2.08 bits per heavy atom. The predicted octanol–water partition coefficient (Wildman–Crippen LogP) is 4.03. The Labute approximate surface area is 90.0 Å². The van der Waals surface area contributed by atoms with Gasteiger partial charge in [-0.05, 0) is 35.8 Å². The molecular weight excluding hydrogens is 258 g/mol. The van der Waals surface area contributed by atoms with E-state index in [1.54, 1.807) is 0 Å². The highest BCUT2D eigenvalue weighted by atomic mass is 79.9. The molecule has 0 N–H and O–H groups in total. The minimum atomic E-state index is -0.412. The van der Waals surface area contributed by atoms with Gasteiger partial charge < -0.3 is 4.74 Å². The van der Waals surface area contributed by atoms with Crippen LogP contribution >= 0.6 is 27.5 Å². The van der Waals surface area contributed by atoms with E-state index in [-0.39, 0.29) is 11.9 Å². The monoisotopic (exact) mass is 266 g/mol. The van der Waals surface area contributed by atoms with E-state index in [0.29, 0.717) is 9.50 Å². The Bertz CT molecular complexity index is 315. The van der Waals surface area contributed by atoms with Gasteiger partial charge in [0.05, 0.1) is 11.1 Å². The first-order chi connectivity index (χ1) is 6.00. The van der Waals surface area contributed by atoms with E-state index in [0.717, 1.165) is 0 Å². The largest absolute Gasteiger partial charge is 0.488 e. The Balaban J connectivity index is 3.01. The van der Waals surface area contributed by atoms with E-state index in [4.69, 9.17) is 16.3 Å². The Kier molecular flexibility index (Phi) is 3.56. The van der Waals surface area contributed by atoms with Crippen molar-refractivity contribution in [1.29, 1.82) is 0 Å². The fourth-order valence-corrected chi connectivity index (χ4v) is 1.32. The lowest BCUT2D eigenvalue weighted by molar-refractivity contribution is 0.231. The van der Waals surface area contributed by atoms with Crippen LogP contribution in [0, 0.1) is 5.82 Å². The molecule has 0 fully saturated rings. The maximum atomic E-state index is 13.2. The van der Waals surface area contributed by atoms with Gasteiger partial charge in [0, 0.05) is 10.5 Å². The number of hydrogen-bond donors (Lipinski definition) is 0. The lowest BCUT2D eigenvalue weighted by Gasteiger charge is -2.11. The van der Waals surface area contributed by atoms with Gasteiger partial charge in [0.1, 0.15) is 0 Å². The van der Waals surface area contributed by atoms with Crippen molar-refractivity contribution in [1.82, 2.24) is 0 Å². The van der Waals surface area contributed by atoms with Gasteiger partial charge in [-0.3, -0.25) is 0 Å². The number of halogens is 3. The second kappa shape index (κ2) is 4.29. The summed E-state index contributed by atoms with van der Waals surface area (Å²) in [5.74, 6) is -0.229. The molecule has 0 radical (unpaired) electrons. The second-order valence-corrected chi connectivity index (χ2v) is 4.12. The molecule has 0 heterocycles. The first kappa shape index (κ1) is 10.8. The van der Waals surface area contributed by atoms with E-state index in [2.05, 4.69) is 15.9 Å². The molecular formula is C9H9BrClFO. The number of rotatable bonds is 2. The first-order valence-corrected chi connectivity index (χ1v) is 4.99. The van der Waals surface area contributed by atoms with Crippen LogP contribution in [-0.2, 0) is 0 Å². The molecule has 13 heavy (non-hydrogen) atoms. The fourth-order valence-electron chi connectivity index (χ4n) is 0.849. The minimum Gasteiger partial charge on any atom is -0.488 e. The van der Waals surface area contributed by atoms with Crippen molar-refractivity contribution in [3.63, 3.8) is 0 Å². The Morgan fingerprint density at radius 3 is 2.62 bits per heavy atom. The molecule has 0 aliphatic carbocycles. The van der Waals surface area contributed by atoms with Crippen molar-refractivity contribution in [2.24, 2.45) is 0 Å². The summed E-state index contributed by atoms with van der Waals surface area (Å²) in [4.78, 5) is 0. The highest BCUT2D eigenvalue weighted by Crippen LogP contribution is 2.30. The van der Waals surface area contributed by atoms with E-state index >= 15 is 0 Å². The summed E-state index contributed by atoms with van der Waals surface area (Å²) in [6.07, 6.45) is -0.0632. The molecule has 0 aliphatic rings. The number of ether oxygens (including phenoxy) is 1. The second-order valence-electron chi connectivity index (χ2n) is 2.86. The summed E-state index contributed by atoms with van der Waals surface area (Å²) in [7, 11) is 0. The predicted molar refractivity (Wildman–Crippen MR) is 54.9 cm³/mol. The van der Waals surface area contributed by atoms with E-state index in [9.17, 15) is 4.39 Å². The molecule has 0 aromatic heterocycles. The molecule has 0 spiro atoms. The highest BCUT2D eigenvalue weighted by molar-refractivity contribution is 9.10. The number of benzene rings is 1. The van der Waals surface area contributed by atoms with Crippen LogP contribution in [0.4, 0.5) is 4.39 Å². The van der Waals surface area contributed by atoms with Crippen LogP contribution in [0.5, 0.6) is 5.75 Å². The summed E-state index contributed by atoms with van der Waals surface area (Å²) in [5, 5.41) is 0.442. The van der Waals surface area contributed by atoms with Gasteiger partial charge in [0.2, 0.25) is 0 Å². The fraction of sp³-hybridized carbons (Fsp3) is 0.333. The smallest absolute Gasteiger partial charge is 0.166 e. The summed E-state index contributed by atoms with van der Waals surface area (Å²) in [6.45, 7) is 3.66. The van der Waals surface area contributed by atoms with Crippen LogP contribution in [-0.4, -0.2) is 6.10 Å².